The Morgan fingerprint density at radius 1 is 1.39 bits per heavy atom. The number of tetrazole rings is 1. The van der Waals surface area contributed by atoms with E-state index >= 15 is 0 Å². The van der Waals surface area contributed by atoms with Crippen molar-refractivity contribution < 1.29 is 9.53 Å². The highest BCUT2D eigenvalue weighted by atomic mass is 16.5. The molecule has 1 aromatic carbocycles. The molecule has 6 nitrogen and oxygen atoms in total. The Labute approximate surface area is 105 Å². The molecule has 0 saturated carbocycles. The molecule has 0 fully saturated rings. The molecule has 0 aliphatic carbocycles. The number of carbonyl (C=O) groups excluding carboxylic acids is 1. The van der Waals surface area contributed by atoms with E-state index in [0.717, 1.165) is 5.75 Å². The SMILES string of the molecule is CCOc1ccc(C(=O)C(C)n2ncnn2)cc1. The lowest BCUT2D eigenvalue weighted by Crippen LogP contribution is -2.19. The van der Waals surface area contributed by atoms with E-state index in [-0.39, 0.29) is 5.78 Å². The van der Waals surface area contributed by atoms with Gasteiger partial charge in [-0.2, -0.15) is 4.80 Å². The van der Waals surface area contributed by atoms with Crippen LogP contribution in [0.5, 0.6) is 5.75 Å². The van der Waals surface area contributed by atoms with Crippen molar-refractivity contribution in [2.45, 2.75) is 19.9 Å². The molecule has 0 N–H and O–H groups in total. The fourth-order valence-corrected chi connectivity index (χ4v) is 1.58. The summed E-state index contributed by atoms with van der Waals surface area (Å²) >= 11 is 0. The van der Waals surface area contributed by atoms with Crippen LogP contribution in [0.25, 0.3) is 0 Å². The van der Waals surface area contributed by atoms with E-state index in [4.69, 9.17) is 4.74 Å². The number of ether oxygens (including phenoxy) is 1. The summed E-state index contributed by atoms with van der Waals surface area (Å²) in [5, 5.41) is 11.2. The van der Waals surface area contributed by atoms with Gasteiger partial charge in [-0.05, 0) is 43.3 Å². The number of nitrogens with zero attached hydrogens (tertiary/aromatic N) is 4. The summed E-state index contributed by atoms with van der Waals surface area (Å²) in [7, 11) is 0. The Morgan fingerprint density at radius 3 is 2.67 bits per heavy atom. The number of rotatable bonds is 5. The van der Waals surface area contributed by atoms with Crippen LogP contribution >= 0.6 is 0 Å². The van der Waals surface area contributed by atoms with Crippen LogP contribution in [0.15, 0.2) is 30.6 Å². The monoisotopic (exact) mass is 246 g/mol. The van der Waals surface area contributed by atoms with Gasteiger partial charge in [-0.25, -0.2) is 0 Å². The minimum absolute atomic E-state index is 0.0592. The van der Waals surface area contributed by atoms with E-state index in [1.165, 1.54) is 11.1 Å². The van der Waals surface area contributed by atoms with Crippen LogP contribution < -0.4 is 4.74 Å². The molecule has 0 spiro atoms. The average molecular weight is 246 g/mol. The van der Waals surface area contributed by atoms with Gasteiger partial charge in [0.15, 0.2) is 12.1 Å². The van der Waals surface area contributed by atoms with Crippen LogP contribution in [0.4, 0.5) is 0 Å². The number of carbonyl (C=O) groups is 1. The molecule has 1 aromatic heterocycles. The van der Waals surface area contributed by atoms with Crippen LogP contribution in [-0.2, 0) is 0 Å². The lowest BCUT2D eigenvalue weighted by molar-refractivity contribution is 0.0918. The predicted octanol–water partition coefficient (Wildman–Crippen LogP) is 1.52. The Kier molecular flexibility index (Phi) is 3.66. The van der Waals surface area contributed by atoms with Crippen LogP contribution in [0.2, 0.25) is 0 Å². The molecule has 0 aliphatic heterocycles. The first-order valence-corrected chi connectivity index (χ1v) is 5.72. The number of Topliss-reactive ketones (excluding diaryl/α,β-unsaturated/α-hetero) is 1. The largest absolute Gasteiger partial charge is 0.494 e. The zero-order valence-corrected chi connectivity index (χ0v) is 10.3. The molecule has 2 aromatic rings. The molecular weight excluding hydrogens is 232 g/mol. The van der Waals surface area contributed by atoms with E-state index in [1.807, 2.05) is 6.92 Å². The third-order valence-corrected chi connectivity index (χ3v) is 2.54. The highest BCUT2D eigenvalue weighted by Crippen LogP contribution is 2.16. The number of aromatic nitrogens is 4. The number of benzene rings is 1. The van der Waals surface area contributed by atoms with E-state index in [2.05, 4.69) is 15.4 Å². The summed E-state index contributed by atoms with van der Waals surface area (Å²) in [5.41, 5.74) is 0.600. The first-order valence-electron chi connectivity index (χ1n) is 5.72. The summed E-state index contributed by atoms with van der Waals surface area (Å²) < 4.78 is 5.32. The summed E-state index contributed by atoms with van der Waals surface area (Å²) in [5.74, 6) is 0.691. The molecule has 1 atom stereocenters. The summed E-state index contributed by atoms with van der Waals surface area (Å²) in [6.07, 6.45) is 1.31. The van der Waals surface area contributed by atoms with Gasteiger partial charge in [0.2, 0.25) is 0 Å². The van der Waals surface area contributed by atoms with Gasteiger partial charge in [0.1, 0.15) is 11.8 Å². The van der Waals surface area contributed by atoms with Crippen molar-refractivity contribution in [1.29, 1.82) is 0 Å². The molecule has 1 unspecified atom stereocenters. The maximum absolute atomic E-state index is 12.1. The lowest BCUT2D eigenvalue weighted by atomic mass is 10.1. The lowest BCUT2D eigenvalue weighted by Gasteiger charge is -2.09. The molecule has 0 radical (unpaired) electrons. The summed E-state index contributed by atoms with van der Waals surface area (Å²) in [4.78, 5) is 13.4. The van der Waals surface area contributed by atoms with Crippen molar-refractivity contribution in [3.63, 3.8) is 0 Å². The van der Waals surface area contributed by atoms with Gasteiger partial charge >= 0.3 is 0 Å². The van der Waals surface area contributed by atoms with Crippen molar-refractivity contribution in [2.75, 3.05) is 6.61 Å². The Morgan fingerprint density at radius 2 is 2.11 bits per heavy atom. The third kappa shape index (κ3) is 2.53. The second-order valence-electron chi connectivity index (χ2n) is 3.75. The predicted molar refractivity (Wildman–Crippen MR) is 64.5 cm³/mol. The fraction of sp³-hybridized carbons (Fsp3) is 0.333. The maximum Gasteiger partial charge on any atom is 0.188 e. The topological polar surface area (TPSA) is 69.9 Å². The van der Waals surface area contributed by atoms with Crippen LogP contribution in [0.3, 0.4) is 0 Å². The van der Waals surface area contributed by atoms with Crippen molar-refractivity contribution >= 4 is 5.78 Å². The molecule has 2 rings (SSSR count). The summed E-state index contributed by atoms with van der Waals surface area (Å²) in [6, 6.07) is 6.56. The van der Waals surface area contributed by atoms with Gasteiger partial charge in [-0.3, -0.25) is 4.79 Å². The third-order valence-electron chi connectivity index (χ3n) is 2.54. The van der Waals surface area contributed by atoms with Gasteiger partial charge in [0, 0.05) is 5.56 Å². The van der Waals surface area contributed by atoms with Crippen LogP contribution in [0.1, 0.15) is 30.2 Å². The first kappa shape index (κ1) is 12.2. The maximum atomic E-state index is 12.1. The summed E-state index contributed by atoms with van der Waals surface area (Å²) in [6.45, 7) is 4.25. The molecule has 18 heavy (non-hydrogen) atoms. The second kappa shape index (κ2) is 5.39. The minimum atomic E-state index is -0.467. The van der Waals surface area contributed by atoms with Gasteiger partial charge < -0.3 is 4.74 Å². The van der Waals surface area contributed by atoms with E-state index in [9.17, 15) is 4.79 Å². The molecule has 1 heterocycles. The van der Waals surface area contributed by atoms with Crippen LogP contribution in [0, 0.1) is 0 Å². The number of hydrogen-bond acceptors (Lipinski definition) is 5. The van der Waals surface area contributed by atoms with Crippen LogP contribution in [-0.4, -0.2) is 32.6 Å². The minimum Gasteiger partial charge on any atom is -0.494 e. The van der Waals surface area contributed by atoms with Crippen molar-refractivity contribution in [2.24, 2.45) is 0 Å². The zero-order chi connectivity index (χ0) is 13.0. The highest BCUT2D eigenvalue weighted by molar-refractivity contribution is 5.98. The van der Waals surface area contributed by atoms with Crippen molar-refractivity contribution in [3.8, 4) is 5.75 Å². The fourth-order valence-electron chi connectivity index (χ4n) is 1.58. The smallest absolute Gasteiger partial charge is 0.188 e. The Balaban J connectivity index is 2.13. The van der Waals surface area contributed by atoms with Gasteiger partial charge in [-0.15, -0.1) is 10.2 Å². The molecule has 0 bridgehead atoms. The molecular formula is C12H14N4O2. The number of ketones is 1. The van der Waals surface area contributed by atoms with Crippen molar-refractivity contribution in [3.05, 3.63) is 36.2 Å². The average Bonchev–Trinajstić information content (AvgIpc) is 2.92. The van der Waals surface area contributed by atoms with Gasteiger partial charge in [-0.1, -0.05) is 0 Å². The standard InChI is InChI=1S/C12H14N4O2/c1-3-18-11-6-4-10(5-7-11)12(17)9(2)16-14-8-13-15-16/h4-9H,3H2,1-2H3. The normalized spacial score (nSPS) is 12.1. The van der Waals surface area contributed by atoms with E-state index < -0.39 is 6.04 Å². The highest BCUT2D eigenvalue weighted by Gasteiger charge is 2.18. The second-order valence-corrected chi connectivity index (χ2v) is 3.75. The molecule has 0 aliphatic rings. The zero-order valence-electron chi connectivity index (χ0n) is 10.3. The first-order chi connectivity index (χ1) is 8.72. The molecule has 6 heteroatoms. The van der Waals surface area contributed by atoms with E-state index in [1.54, 1.807) is 31.2 Å². The molecule has 94 valence electrons. The Hall–Kier alpha value is -2.24. The van der Waals surface area contributed by atoms with Gasteiger partial charge in [0.05, 0.1) is 6.61 Å². The Bertz CT molecular complexity index is 507. The van der Waals surface area contributed by atoms with Gasteiger partial charge in [0.25, 0.3) is 0 Å². The molecule has 0 amide bonds. The number of hydrogen-bond donors (Lipinski definition) is 0. The quantitative estimate of drug-likeness (QED) is 0.748. The van der Waals surface area contributed by atoms with E-state index in [0.29, 0.717) is 12.2 Å². The van der Waals surface area contributed by atoms with Crippen molar-refractivity contribution in [1.82, 2.24) is 20.2 Å². The molecule has 0 saturated heterocycles.